The highest BCUT2D eigenvalue weighted by Gasteiger charge is 2.29. The van der Waals surface area contributed by atoms with E-state index in [-0.39, 0.29) is 6.04 Å². The summed E-state index contributed by atoms with van der Waals surface area (Å²) in [6, 6.07) is 11.8. The fraction of sp³-hybridized carbons (Fsp3) is 0.586. The van der Waals surface area contributed by atoms with Crippen LogP contribution >= 0.6 is 0 Å². The van der Waals surface area contributed by atoms with Crippen LogP contribution in [0.15, 0.2) is 55.0 Å². The average molecular weight is 462 g/mol. The molecule has 5 nitrogen and oxygen atoms in total. The van der Waals surface area contributed by atoms with Crippen molar-refractivity contribution in [1.29, 1.82) is 0 Å². The molecule has 2 aliphatic carbocycles. The lowest BCUT2D eigenvalue weighted by Crippen LogP contribution is -2.47. The Balaban J connectivity index is 1.10. The minimum Gasteiger partial charge on any atom is -0.391 e. The normalized spacial score (nSPS) is 26.7. The first kappa shape index (κ1) is 23.7. The highest BCUT2D eigenvalue weighted by atomic mass is 15.2. The van der Waals surface area contributed by atoms with Gasteiger partial charge >= 0.3 is 0 Å². The molecule has 1 aromatic heterocycles. The van der Waals surface area contributed by atoms with Gasteiger partial charge in [0.15, 0.2) is 0 Å². The molecule has 0 radical (unpaired) electrons. The van der Waals surface area contributed by atoms with Gasteiger partial charge in [0.25, 0.3) is 0 Å². The van der Waals surface area contributed by atoms with Crippen molar-refractivity contribution in [1.82, 2.24) is 20.5 Å². The van der Waals surface area contributed by atoms with Crippen LogP contribution in [0.3, 0.4) is 0 Å². The zero-order valence-corrected chi connectivity index (χ0v) is 20.8. The first-order valence-electron chi connectivity index (χ1n) is 13.5. The quantitative estimate of drug-likeness (QED) is 0.385. The minimum absolute atomic E-state index is 0.141. The van der Waals surface area contributed by atoms with E-state index in [1.54, 1.807) is 0 Å². The predicted octanol–water partition coefficient (Wildman–Crippen LogP) is 4.77. The minimum atomic E-state index is 0.141. The van der Waals surface area contributed by atoms with Crippen LogP contribution in [0.5, 0.6) is 0 Å². The van der Waals surface area contributed by atoms with Crippen LogP contribution in [0.1, 0.15) is 68.5 Å². The number of allylic oxidation sites excluding steroid dienone is 1. The maximum atomic E-state index is 6.80. The standard InChI is InChI=1S/C29H43N5/c1-21-18-25(8-11-27(21)34-16-2-3-17-34)29(30)24-6-4-23(5-7-24)20-32-28(33-26-9-10-26)19-22-12-14-31-15-13-22/h2-3,8,11-12,14,16-18,22-24,26,28-29,31-33H,4-7,9-10,13,15,19-20,30H2,1H3. The molecule has 3 unspecified atom stereocenters. The molecular weight excluding hydrogens is 418 g/mol. The van der Waals surface area contributed by atoms with Crippen LogP contribution < -0.4 is 21.7 Å². The summed E-state index contributed by atoms with van der Waals surface area (Å²) in [6.07, 6.45) is 19.3. The summed E-state index contributed by atoms with van der Waals surface area (Å²) in [7, 11) is 0. The fourth-order valence-electron chi connectivity index (χ4n) is 5.90. The van der Waals surface area contributed by atoms with E-state index >= 15 is 0 Å². The van der Waals surface area contributed by atoms with E-state index in [2.05, 4.69) is 82.4 Å². The van der Waals surface area contributed by atoms with Crippen molar-refractivity contribution in [3.8, 4) is 5.69 Å². The Hall–Kier alpha value is -2.08. The van der Waals surface area contributed by atoms with Crippen molar-refractivity contribution < 1.29 is 0 Å². The zero-order chi connectivity index (χ0) is 23.3. The second kappa shape index (κ2) is 11.1. The molecule has 5 heteroatoms. The van der Waals surface area contributed by atoms with Gasteiger partial charge in [-0.25, -0.2) is 0 Å². The van der Waals surface area contributed by atoms with Gasteiger partial charge in [0.05, 0.1) is 6.17 Å². The molecule has 0 bridgehead atoms. The molecule has 5 N–H and O–H groups in total. The van der Waals surface area contributed by atoms with E-state index in [0.29, 0.717) is 18.0 Å². The molecule has 0 spiro atoms. The molecule has 5 rings (SSSR count). The topological polar surface area (TPSA) is 67.0 Å². The van der Waals surface area contributed by atoms with Crippen LogP contribution in [0, 0.1) is 24.7 Å². The third kappa shape index (κ3) is 6.12. The Bertz CT molecular complexity index is 924. The molecule has 184 valence electrons. The summed E-state index contributed by atoms with van der Waals surface area (Å²) >= 11 is 0. The lowest BCUT2D eigenvalue weighted by atomic mass is 9.77. The summed E-state index contributed by atoms with van der Waals surface area (Å²) in [6.45, 7) is 4.43. The summed E-state index contributed by atoms with van der Waals surface area (Å²) in [5.74, 6) is 2.05. The zero-order valence-electron chi connectivity index (χ0n) is 20.8. The molecule has 1 aromatic carbocycles. The third-order valence-electron chi connectivity index (χ3n) is 8.24. The van der Waals surface area contributed by atoms with Crippen molar-refractivity contribution in [3.05, 3.63) is 66.1 Å². The molecule has 3 atom stereocenters. The largest absolute Gasteiger partial charge is 0.391 e. The smallest absolute Gasteiger partial charge is 0.0579 e. The van der Waals surface area contributed by atoms with E-state index in [1.165, 1.54) is 68.2 Å². The highest BCUT2D eigenvalue weighted by Crippen LogP contribution is 2.36. The maximum absolute atomic E-state index is 6.80. The molecule has 2 heterocycles. The van der Waals surface area contributed by atoms with Crippen molar-refractivity contribution >= 4 is 0 Å². The van der Waals surface area contributed by atoms with Gasteiger partial charge in [0.1, 0.15) is 0 Å². The Labute approximate surface area is 205 Å². The van der Waals surface area contributed by atoms with Gasteiger partial charge in [-0.15, -0.1) is 0 Å². The number of hydrogen-bond acceptors (Lipinski definition) is 4. The monoisotopic (exact) mass is 461 g/mol. The second-order valence-electron chi connectivity index (χ2n) is 10.9. The fourth-order valence-corrected chi connectivity index (χ4v) is 5.90. The van der Waals surface area contributed by atoms with Crippen LogP contribution in [0.4, 0.5) is 0 Å². The van der Waals surface area contributed by atoms with Crippen LogP contribution in [0.25, 0.3) is 5.69 Å². The second-order valence-corrected chi connectivity index (χ2v) is 10.9. The van der Waals surface area contributed by atoms with Crippen LogP contribution in [-0.4, -0.2) is 29.9 Å². The SMILES string of the molecule is Cc1cc(C(N)C2CCC(CNC(CC3C=CNCC3)NC3CC3)CC2)ccc1-n1cccc1. The first-order chi connectivity index (χ1) is 16.7. The molecule has 34 heavy (non-hydrogen) atoms. The number of hydrogen-bond donors (Lipinski definition) is 4. The lowest BCUT2D eigenvalue weighted by molar-refractivity contribution is 0.226. The molecule has 0 amide bonds. The molecule has 2 aromatic rings. The molecule has 2 saturated carbocycles. The predicted molar refractivity (Wildman–Crippen MR) is 141 cm³/mol. The van der Waals surface area contributed by atoms with Gasteiger partial charge in [-0.05, 0) is 118 Å². The first-order valence-corrected chi connectivity index (χ1v) is 13.5. The van der Waals surface area contributed by atoms with Crippen molar-refractivity contribution in [2.45, 2.75) is 76.5 Å². The lowest BCUT2D eigenvalue weighted by Gasteiger charge is -2.34. The van der Waals surface area contributed by atoms with Crippen molar-refractivity contribution in [2.75, 3.05) is 13.1 Å². The van der Waals surface area contributed by atoms with Gasteiger partial charge < -0.3 is 20.9 Å². The number of nitrogens with one attached hydrogen (secondary N) is 3. The molecule has 0 saturated heterocycles. The number of aromatic nitrogens is 1. The van der Waals surface area contributed by atoms with E-state index in [1.807, 2.05) is 0 Å². The molecular formula is C29H43N5. The summed E-state index contributed by atoms with van der Waals surface area (Å²) in [4.78, 5) is 0. The Morgan fingerprint density at radius 3 is 2.53 bits per heavy atom. The van der Waals surface area contributed by atoms with Crippen molar-refractivity contribution in [2.24, 2.45) is 23.5 Å². The maximum Gasteiger partial charge on any atom is 0.0579 e. The van der Waals surface area contributed by atoms with Gasteiger partial charge in [0, 0.05) is 36.7 Å². The number of nitrogens with zero attached hydrogens (tertiary/aromatic N) is 1. The Morgan fingerprint density at radius 2 is 1.85 bits per heavy atom. The van der Waals surface area contributed by atoms with Gasteiger partial charge in [-0.2, -0.15) is 0 Å². The van der Waals surface area contributed by atoms with Crippen LogP contribution in [0.2, 0.25) is 0 Å². The Morgan fingerprint density at radius 1 is 1.06 bits per heavy atom. The third-order valence-corrected chi connectivity index (χ3v) is 8.24. The van der Waals surface area contributed by atoms with E-state index in [4.69, 9.17) is 5.73 Å². The van der Waals surface area contributed by atoms with Crippen LogP contribution in [-0.2, 0) is 0 Å². The van der Waals surface area contributed by atoms with Gasteiger partial charge in [0.2, 0.25) is 0 Å². The Kier molecular flexibility index (Phi) is 7.73. The summed E-state index contributed by atoms with van der Waals surface area (Å²) in [5, 5.41) is 11.1. The highest BCUT2D eigenvalue weighted by molar-refractivity contribution is 5.44. The van der Waals surface area contributed by atoms with Crippen molar-refractivity contribution in [3.63, 3.8) is 0 Å². The van der Waals surface area contributed by atoms with E-state index < -0.39 is 0 Å². The summed E-state index contributed by atoms with van der Waals surface area (Å²) < 4.78 is 2.18. The van der Waals surface area contributed by atoms with E-state index in [0.717, 1.165) is 25.0 Å². The number of nitrogens with two attached hydrogens (primary N) is 1. The number of benzene rings is 1. The summed E-state index contributed by atoms with van der Waals surface area (Å²) in [5.41, 5.74) is 10.6. The van der Waals surface area contributed by atoms with E-state index in [9.17, 15) is 0 Å². The average Bonchev–Trinajstić information content (AvgIpc) is 3.52. The van der Waals surface area contributed by atoms with Gasteiger partial charge in [-0.3, -0.25) is 5.32 Å². The van der Waals surface area contributed by atoms with Gasteiger partial charge in [-0.1, -0.05) is 18.2 Å². The molecule has 2 fully saturated rings. The number of aryl methyl sites for hydroxylation is 1. The molecule has 3 aliphatic rings. The number of rotatable bonds is 10. The molecule has 1 aliphatic heterocycles.